The normalized spacial score (nSPS) is 30.1. The number of piperidine rings is 1. The summed E-state index contributed by atoms with van der Waals surface area (Å²) >= 11 is 0. The SMILES string of the molecule is O=C(O)N1CCC2CNOC2C1Cc1ccccc1. The summed E-state index contributed by atoms with van der Waals surface area (Å²) in [6, 6.07) is 9.89. The van der Waals surface area contributed by atoms with E-state index < -0.39 is 6.09 Å². The highest BCUT2D eigenvalue weighted by Crippen LogP contribution is 2.30. The number of amides is 1. The zero-order valence-corrected chi connectivity index (χ0v) is 10.7. The van der Waals surface area contributed by atoms with E-state index in [0.29, 0.717) is 18.9 Å². The zero-order chi connectivity index (χ0) is 13.2. The predicted octanol–water partition coefficient (Wildman–Crippen LogP) is 1.50. The van der Waals surface area contributed by atoms with Crippen molar-refractivity contribution in [2.75, 3.05) is 13.1 Å². The second kappa shape index (κ2) is 5.19. The first-order chi connectivity index (χ1) is 9.25. The predicted molar refractivity (Wildman–Crippen MR) is 69.6 cm³/mol. The summed E-state index contributed by atoms with van der Waals surface area (Å²) in [6.07, 6.45) is 0.686. The van der Waals surface area contributed by atoms with Gasteiger partial charge in [-0.3, -0.25) is 4.84 Å². The van der Waals surface area contributed by atoms with Crippen LogP contribution in [0.15, 0.2) is 30.3 Å². The molecule has 3 unspecified atom stereocenters. The minimum absolute atomic E-state index is 0.0370. The summed E-state index contributed by atoms with van der Waals surface area (Å²) in [5, 5.41) is 9.36. The lowest BCUT2D eigenvalue weighted by molar-refractivity contribution is -0.0480. The molecule has 5 nitrogen and oxygen atoms in total. The van der Waals surface area contributed by atoms with Gasteiger partial charge in [-0.1, -0.05) is 30.3 Å². The number of carboxylic acid groups (broad SMARTS) is 1. The van der Waals surface area contributed by atoms with Crippen LogP contribution in [0.25, 0.3) is 0 Å². The Morgan fingerprint density at radius 2 is 2.21 bits per heavy atom. The van der Waals surface area contributed by atoms with Gasteiger partial charge in [-0.2, -0.15) is 0 Å². The summed E-state index contributed by atoms with van der Waals surface area (Å²) in [7, 11) is 0. The largest absolute Gasteiger partial charge is 0.465 e. The molecule has 3 atom stereocenters. The van der Waals surface area contributed by atoms with Crippen LogP contribution in [0.1, 0.15) is 12.0 Å². The number of nitrogens with zero attached hydrogens (tertiary/aromatic N) is 1. The smallest absolute Gasteiger partial charge is 0.407 e. The Hall–Kier alpha value is -1.59. The van der Waals surface area contributed by atoms with E-state index in [-0.39, 0.29) is 12.1 Å². The molecule has 0 bridgehead atoms. The van der Waals surface area contributed by atoms with Crippen molar-refractivity contribution in [1.29, 1.82) is 0 Å². The number of carbonyl (C=O) groups is 1. The lowest BCUT2D eigenvalue weighted by Crippen LogP contribution is -2.54. The van der Waals surface area contributed by atoms with Gasteiger partial charge in [0.25, 0.3) is 0 Å². The van der Waals surface area contributed by atoms with Crippen LogP contribution >= 0.6 is 0 Å². The maximum atomic E-state index is 11.4. The Kier molecular flexibility index (Phi) is 3.40. The first kappa shape index (κ1) is 12.4. The van der Waals surface area contributed by atoms with Gasteiger partial charge in [-0.25, -0.2) is 10.3 Å². The fourth-order valence-corrected chi connectivity index (χ4v) is 3.09. The molecular formula is C14H18N2O3. The lowest BCUT2D eigenvalue weighted by Gasteiger charge is -2.39. The third-order valence-electron chi connectivity index (χ3n) is 4.08. The number of hydroxylamine groups is 1. The number of fused-ring (bicyclic) bond motifs is 1. The average Bonchev–Trinajstić information content (AvgIpc) is 2.88. The first-order valence-electron chi connectivity index (χ1n) is 6.67. The molecule has 0 aromatic heterocycles. The molecule has 0 aliphatic carbocycles. The Bertz CT molecular complexity index is 451. The van der Waals surface area contributed by atoms with Crippen LogP contribution in [0.2, 0.25) is 0 Å². The van der Waals surface area contributed by atoms with Crippen molar-refractivity contribution in [3.05, 3.63) is 35.9 Å². The molecule has 0 radical (unpaired) electrons. The summed E-state index contributed by atoms with van der Waals surface area (Å²) in [5.74, 6) is 0.421. The van der Waals surface area contributed by atoms with Gasteiger partial charge in [0.1, 0.15) is 6.10 Å². The van der Waals surface area contributed by atoms with Crippen LogP contribution < -0.4 is 5.48 Å². The van der Waals surface area contributed by atoms with Gasteiger partial charge in [0.15, 0.2) is 0 Å². The molecule has 0 spiro atoms. The first-order valence-corrected chi connectivity index (χ1v) is 6.67. The highest BCUT2D eigenvalue weighted by atomic mass is 16.7. The molecule has 102 valence electrons. The van der Waals surface area contributed by atoms with Crippen molar-refractivity contribution in [2.45, 2.75) is 25.0 Å². The Balaban J connectivity index is 1.82. The van der Waals surface area contributed by atoms with Gasteiger partial charge in [-0.05, 0) is 18.4 Å². The van der Waals surface area contributed by atoms with Crippen LogP contribution in [0, 0.1) is 5.92 Å². The molecule has 2 aliphatic heterocycles. The van der Waals surface area contributed by atoms with Crippen molar-refractivity contribution in [1.82, 2.24) is 10.4 Å². The highest BCUT2D eigenvalue weighted by Gasteiger charge is 2.43. The Morgan fingerprint density at radius 3 is 2.95 bits per heavy atom. The van der Waals surface area contributed by atoms with Gasteiger partial charge >= 0.3 is 6.09 Å². The molecule has 3 rings (SSSR count). The van der Waals surface area contributed by atoms with Gasteiger partial charge < -0.3 is 10.0 Å². The molecule has 0 saturated carbocycles. The molecule has 5 heteroatoms. The topological polar surface area (TPSA) is 61.8 Å². The highest BCUT2D eigenvalue weighted by molar-refractivity contribution is 5.65. The second-order valence-electron chi connectivity index (χ2n) is 5.21. The quantitative estimate of drug-likeness (QED) is 0.848. The van der Waals surface area contributed by atoms with E-state index in [9.17, 15) is 9.90 Å². The monoisotopic (exact) mass is 262 g/mol. The van der Waals surface area contributed by atoms with E-state index in [2.05, 4.69) is 5.48 Å². The van der Waals surface area contributed by atoms with Crippen LogP contribution in [0.5, 0.6) is 0 Å². The summed E-state index contributed by atoms with van der Waals surface area (Å²) in [6.45, 7) is 1.42. The van der Waals surface area contributed by atoms with Gasteiger partial charge in [-0.15, -0.1) is 0 Å². The lowest BCUT2D eigenvalue weighted by atomic mass is 9.85. The van der Waals surface area contributed by atoms with Crippen molar-refractivity contribution in [2.24, 2.45) is 5.92 Å². The number of nitrogens with one attached hydrogen (secondary N) is 1. The van der Waals surface area contributed by atoms with E-state index in [1.807, 2.05) is 30.3 Å². The summed E-state index contributed by atoms with van der Waals surface area (Å²) < 4.78 is 0. The zero-order valence-electron chi connectivity index (χ0n) is 10.7. The molecule has 2 saturated heterocycles. The van der Waals surface area contributed by atoms with Crippen LogP contribution in [-0.4, -0.2) is 41.3 Å². The fourth-order valence-electron chi connectivity index (χ4n) is 3.09. The van der Waals surface area contributed by atoms with Crippen molar-refractivity contribution in [3.8, 4) is 0 Å². The summed E-state index contributed by atoms with van der Waals surface area (Å²) in [5.41, 5.74) is 4.07. The standard InChI is InChI=1S/C14H18N2O3/c17-14(18)16-7-6-11-9-15-19-13(11)12(16)8-10-4-2-1-3-5-10/h1-5,11-13,15H,6-9H2,(H,17,18). The molecule has 2 aliphatic rings. The minimum Gasteiger partial charge on any atom is -0.465 e. The number of rotatable bonds is 2. The van der Waals surface area contributed by atoms with Gasteiger partial charge in [0, 0.05) is 19.0 Å². The average molecular weight is 262 g/mol. The number of benzene rings is 1. The summed E-state index contributed by atoms with van der Waals surface area (Å²) in [4.78, 5) is 18.5. The minimum atomic E-state index is -0.852. The fraction of sp³-hybridized carbons (Fsp3) is 0.500. The van der Waals surface area contributed by atoms with Gasteiger partial charge in [0.05, 0.1) is 6.04 Å². The van der Waals surface area contributed by atoms with E-state index in [0.717, 1.165) is 18.5 Å². The van der Waals surface area contributed by atoms with E-state index in [1.165, 1.54) is 4.90 Å². The van der Waals surface area contributed by atoms with E-state index in [1.54, 1.807) is 0 Å². The van der Waals surface area contributed by atoms with Crippen LogP contribution in [-0.2, 0) is 11.3 Å². The molecule has 1 aromatic carbocycles. The van der Waals surface area contributed by atoms with Crippen molar-refractivity contribution < 1.29 is 14.7 Å². The molecule has 19 heavy (non-hydrogen) atoms. The maximum absolute atomic E-state index is 11.4. The molecule has 2 N–H and O–H groups in total. The third kappa shape index (κ3) is 2.43. The second-order valence-corrected chi connectivity index (χ2v) is 5.21. The maximum Gasteiger partial charge on any atom is 0.407 e. The number of hydrogen-bond acceptors (Lipinski definition) is 3. The third-order valence-corrected chi connectivity index (χ3v) is 4.08. The number of hydrogen-bond donors (Lipinski definition) is 2. The molecule has 1 aromatic rings. The molecule has 1 amide bonds. The number of likely N-dealkylation sites (tertiary alicyclic amines) is 1. The van der Waals surface area contributed by atoms with Gasteiger partial charge in [0.2, 0.25) is 0 Å². The Morgan fingerprint density at radius 1 is 1.42 bits per heavy atom. The van der Waals surface area contributed by atoms with Crippen molar-refractivity contribution in [3.63, 3.8) is 0 Å². The molecule has 2 fully saturated rings. The van der Waals surface area contributed by atoms with Crippen molar-refractivity contribution >= 4 is 6.09 Å². The Labute approximate surface area is 112 Å². The van der Waals surface area contributed by atoms with E-state index >= 15 is 0 Å². The van der Waals surface area contributed by atoms with Crippen LogP contribution in [0.3, 0.4) is 0 Å². The molecular weight excluding hydrogens is 244 g/mol. The van der Waals surface area contributed by atoms with Crippen LogP contribution in [0.4, 0.5) is 4.79 Å². The van der Waals surface area contributed by atoms with E-state index in [4.69, 9.17) is 4.84 Å². The molecule has 2 heterocycles.